The van der Waals surface area contributed by atoms with Gasteiger partial charge < -0.3 is 15.4 Å². The Morgan fingerprint density at radius 2 is 2.22 bits per heavy atom. The first-order valence-corrected chi connectivity index (χ1v) is 6.58. The van der Waals surface area contributed by atoms with Gasteiger partial charge in [-0.15, -0.1) is 0 Å². The van der Waals surface area contributed by atoms with Crippen molar-refractivity contribution in [3.8, 4) is 5.75 Å². The Kier molecular flexibility index (Phi) is 5.62. The van der Waals surface area contributed by atoms with Crippen LogP contribution in [0.2, 0.25) is 0 Å². The molecule has 0 radical (unpaired) electrons. The molecule has 18 heavy (non-hydrogen) atoms. The summed E-state index contributed by atoms with van der Waals surface area (Å²) in [5.41, 5.74) is 6.67. The molecule has 1 unspecified atom stereocenters. The second-order valence-corrected chi connectivity index (χ2v) is 5.38. The average Bonchev–Trinajstić information content (AvgIpc) is 2.28. The van der Waals surface area contributed by atoms with Gasteiger partial charge in [-0.05, 0) is 40.7 Å². The van der Waals surface area contributed by atoms with Gasteiger partial charge in [0.05, 0.1) is 17.4 Å². The van der Waals surface area contributed by atoms with E-state index >= 15 is 0 Å². The normalized spacial score (nSPS) is 12.5. The van der Waals surface area contributed by atoms with Crippen molar-refractivity contribution >= 4 is 21.8 Å². The lowest BCUT2D eigenvalue weighted by Gasteiger charge is -2.20. The Balaban J connectivity index is 2.62. The zero-order valence-electron chi connectivity index (χ0n) is 11.0. The number of halogens is 1. The van der Waals surface area contributed by atoms with E-state index < -0.39 is 0 Å². The maximum absolute atomic E-state index is 7.39. The molecule has 0 amide bonds. The Morgan fingerprint density at radius 1 is 1.56 bits per heavy atom. The van der Waals surface area contributed by atoms with Crippen molar-refractivity contribution in [3.63, 3.8) is 0 Å². The highest BCUT2D eigenvalue weighted by Gasteiger charge is 2.10. The minimum Gasteiger partial charge on any atom is -0.496 e. The van der Waals surface area contributed by atoms with Crippen molar-refractivity contribution in [2.24, 2.45) is 11.7 Å². The van der Waals surface area contributed by atoms with E-state index in [0.717, 1.165) is 23.3 Å². The second-order valence-electron chi connectivity index (χ2n) is 4.52. The SMILES string of the molecule is COc1ccc(CN(C)CC(C)C(=N)N)cc1Br. The lowest BCUT2D eigenvalue weighted by molar-refractivity contribution is 0.306. The zero-order valence-corrected chi connectivity index (χ0v) is 12.6. The number of rotatable bonds is 6. The molecular formula is C13H20BrN3O. The summed E-state index contributed by atoms with van der Waals surface area (Å²) in [6, 6.07) is 6.04. The first-order valence-electron chi connectivity index (χ1n) is 5.79. The maximum atomic E-state index is 7.39. The second kappa shape index (κ2) is 6.75. The number of nitrogens with zero attached hydrogens (tertiary/aromatic N) is 1. The van der Waals surface area contributed by atoms with Gasteiger partial charge in [-0.2, -0.15) is 0 Å². The Hall–Kier alpha value is -1.07. The van der Waals surface area contributed by atoms with Crippen LogP contribution < -0.4 is 10.5 Å². The maximum Gasteiger partial charge on any atom is 0.133 e. The third-order valence-electron chi connectivity index (χ3n) is 2.79. The number of ether oxygens (including phenoxy) is 1. The van der Waals surface area contributed by atoms with Crippen molar-refractivity contribution in [1.29, 1.82) is 5.41 Å². The molecule has 5 heteroatoms. The molecule has 4 nitrogen and oxygen atoms in total. The van der Waals surface area contributed by atoms with E-state index in [1.165, 1.54) is 5.56 Å². The smallest absolute Gasteiger partial charge is 0.133 e. The van der Waals surface area contributed by atoms with Gasteiger partial charge in [0.25, 0.3) is 0 Å². The summed E-state index contributed by atoms with van der Waals surface area (Å²) in [7, 11) is 3.68. The number of nitrogens with two attached hydrogens (primary N) is 1. The van der Waals surface area contributed by atoms with Crippen LogP contribution in [-0.2, 0) is 6.54 Å². The van der Waals surface area contributed by atoms with Crippen molar-refractivity contribution in [3.05, 3.63) is 28.2 Å². The molecule has 0 saturated carbocycles. The Bertz CT molecular complexity index is 423. The number of hydrogen-bond donors (Lipinski definition) is 2. The number of amidine groups is 1. The Labute approximate surface area is 117 Å². The fourth-order valence-corrected chi connectivity index (χ4v) is 2.34. The van der Waals surface area contributed by atoms with E-state index in [2.05, 4.69) is 20.8 Å². The van der Waals surface area contributed by atoms with Crippen LogP contribution in [0.1, 0.15) is 12.5 Å². The van der Waals surface area contributed by atoms with Crippen LogP contribution in [0.5, 0.6) is 5.75 Å². The minimum atomic E-state index is 0.0803. The molecule has 0 aliphatic heterocycles. The first-order chi connectivity index (χ1) is 8.43. The quantitative estimate of drug-likeness (QED) is 0.626. The predicted octanol–water partition coefficient (Wildman–Crippen LogP) is 2.46. The topological polar surface area (TPSA) is 62.3 Å². The average molecular weight is 314 g/mol. The highest BCUT2D eigenvalue weighted by Crippen LogP contribution is 2.25. The first kappa shape index (κ1) is 15.0. The third-order valence-corrected chi connectivity index (χ3v) is 3.40. The third kappa shape index (κ3) is 4.31. The Morgan fingerprint density at radius 3 is 2.72 bits per heavy atom. The van der Waals surface area contributed by atoms with Crippen molar-refractivity contribution in [2.45, 2.75) is 13.5 Å². The summed E-state index contributed by atoms with van der Waals surface area (Å²) in [4.78, 5) is 2.15. The van der Waals surface area contributed by atoms with Crippen molar-refractivity contribution in [2.75, 3.05) is 20.7 Å². The van der Waals surface area contributed by atoms with E-state index in [1.807, 2.05) is 32.2 Å². The summed E-state index contributed by atoms with van der Waals surface area (Å²) in [5, 5.41) is 7.39. The molecule has 0 aliphatic carbocycles. The van der Waals surface area contributed by atoms with Gasteiger partial charge in [-0.1, -0.05) is 13.0 Å². The van der Waals surface area contributed by atoms with Crippen molar-refractivity contribution < 1.29 is 4.74 Å². The summed E-state index contributed by atoms with van der Waals surface area (Å²) >= 11 is 3.47. The molecule has 0 fully saturated rings. The van der Waals surface area contributed by atoms with Crippen LogP contribution in [0.4, 0.5) is 0 Å². The molecule has 3 N–H and O–H groups in total. The van der Waals surface area contributed by atoms with E-state index in [0.29, 0.717) is 0 Å². The molecule has 1 aromatic carbocycles. The summed E-state index contributed by atoms with van der Waals surface area (Å²) in [6.45, 7) is 3.56. The van der Waals surface area contributed by atoms with Crippen LogP contribution >= 0.6 is 15.9 Å². The van der Waals surface area contributed by atoms with Crippen LogP contribution in [0.15, 0.2) is 22.7 Å². The molecule has 100 valence electrons. The van der Waals surface area contributed by atoms with Crippen LogP contribution in [0, 0.1) is 11.3 Å². The summed E-state index contributed by atoms with van der Waals surface area (Å²) in [6.07, 6.45) is 0. The van der Waals surface area contributed by atoms with Gasteiger partial charge in [-0.25, -0.2) is 0 Å². The minimum absolute atomic E-state index is 0.0803. The van der Waals surface area contributed by atoms with Gasteiger partial charge in [-0.3, -0.25) is 5.41 Å². The lowest BCUT2D eigenvalue weighted by atomic mass is 10.1. The summed E-state index contributed by atoms with van der Waals surface area (Å²) in [5.74, 6) is 1.15. The summed E-state index contributed by atoms with van der Waals surface area (Å²) < 4.78 is 6.15. The molecule has 0 aromatic heterocycles. The molecule has 1 atom stereocenters. The lowest BCUT2D eigenvalue weighted by Crippen LogP contribution is -2.31. The van der Waals surface area contributed by atoms with E-state index in [-0.39, 0.29) is 11.8 Å². The van der Waals surface area contributed by atoms with Gasteiger partial charge in [0, 0.05) is 19.0 Å². The van der Waals surface area contributed by atoms with Gasteiger partial charge in [0.15, 0.2) is 0 Å². The van der Waals surface area contributed by atoms with Crippen molar-refractivity contribution in [1.82, 2.24) is 4.90 Å². The molecule has 1 aromatic rings. The molecular weight excluding hydrogens is 294 g/mol. The standard InChI is InChI=1S/C13H20BrN3O/c1-9(13(15)16)7-17(2)8-10-4-5-12(18-3)11(14)6-10/h4-6,9H,7-8H2,1-3H3,(H3,15,16). The zero-order chi connectivity index (χ0) is 13.7. The number of hydrogen-bond acceptors (Lipinski definition) is 3. The fourth-order valence-electron chi connectivity index (χ4n) is 1.75. The fraction of sp³-hybridized carbons (Fsp3) is 0.462. The van der Waals surface area contributed by atoms with Gasteiger partial charge in [0.2, 0.25) is 0 Å². The van der Waals surface area contributed by atoms with Crippen LogP contribution in [0.25, 0.3) is 0 Å². The molecule has 0 aliphatic rings. The van der Waals surface area contributed by atoms with E-state index in [4.69, 9.17) is 15.9 Å². The van der Waals surface area contributed by atoms with Gasteiger partial charge in [0.1, 0.15) is 5.75 Å². The molecule has 1 rings (SSSR count). The molecule has 0 spiro atoms. The predicted molar refractivity (Wildman–Crippen MR) is 78.1 cm³/mol. The number of nitrogens with one attached hydrogen (secondary N) is 1. The van der Waals surface area contributed by atoms with Crippen LogP contribution in [0.3, 0.4) is 0 Å². The van der Waals surface area contributed by atoms with E-state index in [9.17, 15) is 0 Å². The highest BCUT2D eigenvalue weighted by molar-refractivity contribution is 9.10. The molecule has 0 heterocycles. The number of benzene rings is 1. The molecule has 0 bridgehead atoms. The van der Waals surface area contributed by atoms with E-state index in [1.54, 1.807) is 7.11 Å². The molecule has 0 saturated heterocycles. The van der Waals surface area contributed by atoms with Crippen LogP contribution in [-0.4, -0.2) is 31.4 Å². The highest BCUT2D eigenvalue weighted by atomic mass is 79.9. The largest absolute Gasteiger partial charge is 0.496 e. The monoisotopic (exact) mass is 313 g/mol. The number of methoxy groups -OCH3 is 1. The van der Waals surface area contributed by atoms with Gasteiger partial charge >= 0.3 is 0 Å².